The van der Waals surface area contributed by atoms with E-state index in [1.807, 2.05) is 12.1 Å². The molecule has 1 aliphatic carbocycles. The van der Waals surface area contributed by atoms with Gasteiger partial charge < -0.3 is 21.9 Å². The van der Waals surface area contributed by atoms with E-state index in [2.05, 4.69) is 44.4 Å². The molecule has 3 aromatic rings. The Morgan fingerprint density at radius 2 is 1.85 bits per heavy atom. The number of benzene rings is 1. The maximum atomic E-state index is 12.6. The van der Waals surface area contributed by atoms with E-state index in [0.29, 0.717) is 41.3 Å². The topological polar surface area (TPSA) is 168 Å². The number of hydrazine groups is 1. The predicted molar refractivity (Wildman–Crippen MR) is 162 cm³/mol. The van der Waals surface area contributed by atoms with Crippen molar-refractivity contribution in [3.05, 3.63) is 78.1 Å². The van der Waals surface area contributed by atoms with Gasteiger partial charge in [-0.25, -0.2) is 20.4 Å². The molecule has 1 saturated carbocycles. The zero-order valence-corrected chi connectivity index (χ0v) is 23.8. The average Bonchev–Trinajstić information content (AvgIpc) is 2.93. The summed E-state index contributed by atoms with van der Waals surface area (Å²) in [6.07, 6.45) is 7.18. The molecule has 1 fully saturated rings. The number of hydrogen-bond donors (Lipinski definition) is 5. The number of Topliss-reactive ketones (excluding diaryl/α,β-unsaturated/α-hetero) is 1. The van der Waals surface area contributed by atoms with Gasteiger partial charge in [0.2, 0.25) is 5.95 Å². The molecule has 0 unspecified atom stereocenters. The van der Waals surface area contributed by atoms with Crippen LogP contribution in [0.1, 0.15) is 74.0 Å². The first-order valence-corrected chi connectivity index (χ1v) is 13.7. The van der Waals surface area contributed by atoms with Crippen LogP contribution in [-0.4, -0.2) is 44.4 Å². The van der Waals surface area contributed by atoms with Gasteiger partial charge in [-0.15, -0.1) is 6.58 Å². The van der Waals surface area contributed by atoms with Crippen LogP contribution in [0.2, 0.25) is 0 Å². The number of carbonyl (C=O) groups excluding carboxylic acids is 1. The number of aromatic nitrogens is 3. The van der Waals surface area contributed by atoms with E-state index in [9.17, 15) is 9.90 Å². The normalized spacial score (nSPS) is 17.0. The Balaban J connectivity index is 1.58. The van der Waals surface area contributed by atoms with Crippen LogP contribution in [0, 0.1) is 0 Å². The van der Waals surface area contributed by atoms with Crippen molar-refractivity contribution in [2.45, 2.75) is 64.0 Å². The average molecular weight is 558 g/mol. The second-order valence-electron chi connectivity index (χ2n) is 10.7. The number of nitrogens with one attached hydrogen (secondary N) is 2. The van der Waals surface area contributed by atoms with Crippen LogP contribution in [0.15, 0.2) is 66.3 Å². The molecule has 7 N–H and O–H groups in total. The first kappa shape index (κ1) is 29.6. The number of hydrogen-bond acceptors (Lipinski definition) is 9. The smallest absolute Gasteiger partial charge is 0.229 e. The highest BCUT2D eigenvalue weighted by atomic mass is 16.3. The standard InChI is InChI=1S/C30H39N9O2/c1-5-17-34-39(26-8-6-7-25(37-26)30(3,4)41)27-24(19(2)40)18-33-29(38-27)36-23-15-11-21(12-16-23)20-9-13-22(14-10-20)35-28(31)32/h5-8,11-12,15-16,18,20,22,34,41H,1,9-10,13-14,17H2,2-4H3,(H4,31,32,35)(H,33,36,38). The fourth-order valence-corrected chi connectivity index (χ4v) is 4.88. The van der Waals surface area contributed by atoms with Gasteiger partial charge >= 0.3 is 0 Å². The van der Waals surface area contributed by atoms with Crippen LogP contribution < -0.4 is 27.2 Å². The number of nitrogens with zero attached hydrogens (tertiary/aromatic N) is 5. The van der Waals surface area contributed by atoms with Gasteiger partial charge in [0.1, 0.15) is 11.4 Å². The van der Waals surface area contributed by atoms with Crippen LogP contribution in [0.4, 0.5) is 23.3 Å². The molecule has 41 heavy (non-hydrogen) atoms. The highest BCUT2D eigenvalue weighted by Crippen LogP contribution is 2.35. The van der Waals surface area contributed by atoms with E-state index in [0.717, 1.165) is 31.4 Å². The van der Waals surface area contributed by atoms with Gasteiger partial charge in [-0.3, -0.25) is 9.79 Å². The molecule has 1 aromatic carbocycles. The molecule has 2 heterocycles. The lowest BCUT2D eigenvalue weighted by Gasteiger charge is -2.27. The van der Waals surface area contributed by atoms with E-state index in [1.54, 1.807) is 43.1 Å². The summed E-state index contributed by atoms with van der Waals surface area (Å²) in [6, 6.07) is 13.7. The van der Waals surface area contributed by atoms with Gasteiger partial charge in [-0.1, -0.05) is 24.3 Å². The number of pyridine rings is 1. The van der Waals surface area contributed by atoms with E-state index in [1.165, 1.54) is 18.7 Å². The molecule has 0 bridgehead atoms. The van der Waals surface area contributed by atoms with Crippen molar-refractivity contribution in [3.8, 4) is 0 Å². The minimum Gasteiger partial charge on any atom is -0.384 e. The van der Waals surface area contributed by atoms with Crippen molar-refractivity contribution in [1.29, 1.82) is 0 Å². The second-order valence-corrected chi connectivity index (χ2v) is 10.7. The molecule has 2 aromatic heterocycles. The number of rotatable bonds is 11. The van der Waals surface area contributed by atoms with E-state index >= 15 is 0 Å². The zero-order chi connectivity index (χ0) is 29.6. The third-order valence-electron chi connectivity index (χ3n) is 7.01. The predicted octanol–water partition coefficient (Wildman–Crippen LogP) is 4.17. The molecule has 0 radical (unpaired) electrons. The fourth-order valence-electron chi connectivity index (χ4n) is 4.88. The van der Waals surface area contributed by atoms with Crippen LogP contribution in [0.5, 0.6) is 0 Å². The summed E-state index contributed by atoms with van der Waals surface area (Å²) in [5.41, 5.74) is 16.0. The Hall–Kier alpha value is -4.35. The lowest BCUT2D eigenvalue weighted by molar-refractivity contribution is 0.0739. The van der Waals surface area contributed by atoms with Gasteiger partial charge in [0.05, 0.1) is 17.3 Å². The summed E-state index contributed by atoms with van der Waals surface area (Å²) < 4.78 is 0. The summed E-state index contributed by atoms with van der Waals surface area (Å²) in [7, 11) is 0. The quantitative estimate of drug-likeness (QED) is 0.0758. The SMILES string of the molecule is C=CCNN(c1cccc(C(C)(C)O)n1)c1nc(Nc2ccc(C3CCC(N=C(N)N)CC3)cc2)ncc1C(C)=O. The maximum Gasteiger partial charge on any atom is 0.229 e. The first-order chi connectivity index (χ1) is 19.5. The summed E-state index contributed by atoms with van der Waals surface area (Å²) in [5, 5.41) is 15.4. The molecule has 0 amide bonds. The van der Waals surface area contributed by atoms with E-state index in [4.69, 9.17) is 16.5 Å². The lowest BCUT2D eigenvalue weighted by Crippen LogP contribution is -2.37. The van der Waals surface area contributed by atoms with Gasteiger partial charge in [-0.2, -0.15) is 4.98 Å². The Labute approximate surface area is 240 Å². The molecule has 11 nitrogen and oxygen atoms in total. The lowest BCUT2D eigenvalue weighted by atomic mass is 9.82. The fraction of sp³-hybridized carbons (Fsp3) is 0.367. The van der Waals surface area contributed by atoms with Gasteiger partial charge in [-0.05, 0) is 82.2 Å². The zero-order valence-electron chi connectivity index (χ0n) is 23.8. The van der Waals surface area contributed by atoms with Crippen molar-refractivity contribution in [2.75, 3.05) is 16.9 Å². The monoisotopic (exact) mass is 557 g/mol. The van der Waals surface area contributed by atoms with Crippen molar-refractivity contribution < 1.29 is 9.90 Å². The minimum absolute atomic E-state index is 0.157. The molecule has 11 heteroatoms. The Bertz CT molecular complexity index is 1390. The molecular weight excluding hydrogens is 518 g/mol. The number of aliphatic imine (C=N–C) groups is 1. The van der Waals surface area contributed by atoms with Crippen molar-refractivity contribution >= 4 is 35.0 Å². The third-order valence-corrected chi connectivity index (χ3v) is 7.01. The van der Waals surface area contributed by atoms with Crippen molar-refractivity contribution in [3.63, 3.8) is 0 Å². The molecule has 4 rings (SSSR count). The third kappa shape index (κ3) is 7.65. The number of anilines is 4. The molecular formula is C30H39N9O2. The summed E-state index contributed by atoms with van der Waals surface area (Å²) in [6.45, 7) is 8.96. The van der Waals surface area contributed by atoms with Crippen LogP contribution in [0.3, 0.4) is 0 Å². The molecule has 0 spiro atoms. The van der Waals surface area contributed by atoms with E-state index in [-0.39, 0.29) is 17.8 Å². The van der Waals surface area contributed by atoms with Gasteiger partial charge in [0.15, 0.2) is 17.6 Å². The van der Waals surface area contributed by atoms with Gasteiger partial charge in [0.25, 0.3) is 0 Å². The number of guanidine groups is 1. The first-order valence-electron chi connectivity index (χ1n) is 13.7. The van der Waals surface area contributed by atoms with Crippen LogP contribution in [0.25, 0.3) is 0 Å². The largest absolute Gasteiger partial charge is 0.384 e. The molecule has 0 aliphatic heterocycles. The number of aliphatic hydroxyl groups is 1. The summed E-state index contributed by atoms with van der Waals surface area (Å²) in [5.74, 6) is 1.52. The minimum atomic E-state index is -1.15. The number of nitrogens with two attached hydrogens (primary N) is 2. The summed E-state index contributed by atoms with van der Waals surface area (Å²) >= 11 is 0. The van der Waals surface area contributed by atoms with Crippen LogP contribution in [-0.2, 0) is 5.60 Å². The number of ketones is 1. The van der Waals surface area contributed by atoms with E-state index < -0.39 is 5.60 Å². The van der Waals surface area contributed by atoms with Crippen LogP contribution >= 0.6 is 0 Å². The van der Waals surface area contributed by atoms with Crippen molar-refractivity contribution in [2.24, 2.45) is 16.5 Å². The second kappa shape index (κ2) is 12.9. The maximum absolute atomic E-state index is 12.6. The highest BCUT2D eigenvalue weighted by Gasteiger charge is 2.24. The number of carbonyl (C=O) groups is 1. The Kier molecular flexibility index (Phi) is 9.31. The summed E-state index contributed by atoms with van der Waals surface area (Å²) in [4.78, 5) is 30.6. The molecule has 0 atom stereocenters. The Morgan fingerprint density at radius 1 is 1.15 bits per heavy atom. The highest BCUT2D eigenvalue weighted by molar-refractivity contribution is 5.99. The molecule has 1 aliphatic rings. The molecule has 216 valence electrons. The van der Waals surface area contributed by atoms with Gasteiger partial charge in [0, 0.05) is 18.4 Å². The van der Waals surface area contributed by atoms with Crippen molar-refractivity contribution in [1.82, 2.24) is 20.4 Å². The Morgan fingerprint density at radius 3 is 2.46 bits per heavy atom. The molecule has 0 saturated heterocycles.